The van der Waals surface area contributed by atoms with Crippen molar-refractivity contribution < 1.29 is 23.8 Å². The third kappa shape index (κ3) is 8.41. The SMILES string of the molecule is CC(C)(C)OC(=O)NC(COCc1ccccc1)C(=O)NCC1CCCO1. The maximum absolute atomic E-state index is 12.5. The highest BCUT2D eigenvalue weighted by molar-refractivity contribution is 5.85. The van der Waals surface area contributed by atoms with Crippen molar-refractivity contribution in [3.8, 4) is 0 Å². The molecule has 0 radical (unpaired) electrons. The molecule has 2 N–H and O–H groups in total. The normalized spacial score (nSPS) is 18.0. The predicted octanol–water partition coefficient (Wildman–Crippen LogP) is 2.39. The zero-order chi connectivity index (χ0) is 19.7. The summed E-state index contributed by atoms with van der Waals surface area (Å²) >= 11 is 0. The van der Waals surface area contributed by atoms with E-state index in [1.165, 1.54) is 0 Å². The minimum absolute atomic E-state index is 0.0290. The predicted molar refractivity (Wildman–Crippen MR) is 101 cm³/mol. The van der Waals surface area contributed by atoms with Gasteiger partial charge in [0.25, 0.3) is 0 Å². The van der Waals surface area contributed by atoms with Crippen molar-refractivity contribution in [2.45, 2.75) is 58.0 Å². The molecule has 2 amide bonds. The quantitative estimate of drug-likeness (QED) is 0.725. The highest BCUT2D eigenvalue weighted by Gasteiger charge is 2.26. The number of nitrogens with one attached hydrogen (secondary N) is 2. The standard InChI is InChI=1S/C20H30N2O5/c1-20(2,3)27-19(24)22-17(14-25-13-15-8-5-4-6-9-15)18(23)21-12-16-10-7-11-26-16/h4-6,8-9,16-17H,7,10-14H2,1-3H3,(H,21,23)(H,22,24). The van der Waals surface area contributed by atoms with Crippen LogP contribution in [0.15, 0.2) is 30.3 Å². The molecule has 1 aliphatic rings. The third-order valence-electron chi connectivity index (χ3n) is 3.93. The van der Waals surface area contributed by atoms with E-state index in [1.54, 1.807) is 20.8 Å². The van der Waals surface area contributed by atoms with Crippen molar-refractivity contribution in [3.05, 3.63) is 35.9 Å². The fourth-order valence-electron chi connectivity index (χ4n) is 2.64. The zero-order valence-electron chi connectivity index (χ0n) is 16.3. The summed E-state index contributed by atoms with van der Waals surface area (Å²) in [6.45, 7) is 6.85. The topological polar surface area (TPSA) is 85.9 Å². The fourth-order valence-corrected chi connectivity index (χ4v) is 2.64. The van der Waals surface area contributed by atoms with Gasteiger partial charge in [-0.3, -0.25) is 4.79 Å². The van der Waals surface area contributed by atoms with Crippen molar-refractivity contribution in [1.29, 1.82) is 0 Å². The molecule has 1 heterocycles. The Bertz CT molecular complexity index is 594. The van der Waals surface area contributed by atoms with E-state index in [1.807, 2.05) is 30.3 Å². The molecule has 1 aliphatic heterocycles. The molecule has 2 atom stereocenters. The van der Waals surface area contributed by atoms with Gasteiger partial charge in [0.05, 0.1) is 19.3 Å². The van der Waals surface area contributed by atoms with E-state index in [4.69, 9.17) is 14.2 Å². The van der Waals surface area contributed by atoms with E-state index in [9.17, 15) is 9.59 Å². The Morgan fingerprint density at radius 1 is 1.26 bits per heavy atom. The number of ether oxygens (including phenoxy) is 3. The largest absolute Gasteiger partial charge is 0.444 e. The van der Waals surface area contributed by atoms with Crippen LogP contribution in [0.2, 0.25) is 0 Å². The number of amides is 2. The molecule has 27 heavy (non-hydrogen) atoms. The number of carbonyl (C=O) groups excluding carboxylic acids is 2. The van der Waals surface area contributed by atoms with Crippen LogP contribution in [0.5, 0.6) is 0 Å². The Morgan fingerprint density at radius 2 is 2.00 bits per heavy atom. The molecule has 0 aliphatic carbocycles. The lowest BCUT2D eigenvalue weighted by molar-refractivity contribution is -0.125. The zero-order valence-corrected chi connectivity index (χ0v) is 16.3. The average Bonchev–Trinajstić information content (AvgIpc) is 3.11. The minimum atomic E-state index is -0.843. The first kappa shape index (κ1) is 21.2. The van der Waals surface area contributed by atoms with Crippen molar-refractivity contribution >= 4 is 12.0 Å². The van der Waals surface area contributed by atoms with Gasteiger partial charge < -0.3 is 24.8 Å². The number of hydrogen-bond acceptors (Lipinski definition) is 5. The van der Waals surface area contributed by atoms with Gasteiger partial charge in [-0.05, 0) is 39.2 Å². The summed E-state index contributed by atoms with van der Waals surface area (Å²) in [7, 11) is 0. The Balaban J connectivity index is 1.87. The van der Waals surface area contributed by atoms with E-state index >= 15 is 0 Å². The van der Waals surface area contributed by atoms with E-state index in [0.29, 0.717) is 13.2 Å². The van der Waals surface area contributed by atoms with Crippen LogP contribution in [0.25, 0.3) is 0 Å². The highest BCUT2D eigenvalue weighted by Crippen LogP contribution is 2.11. The van der Waals surface area contributed by atoms with E-state index in [0.717, 1.165) is 25.0 Å². The minimum Gasteiger partial charge on any atom is -0.444 e. The molecular formula is C20H30N2O5. The molecule has 7 heteroatoms. The fraction of sp³-hybridized carbons (Fsp3) is 0.600. The Hall–Kier alpha value is -2.12. The lowest BCUT2D eigenvalue weighted by Gasteiger charge is -2.23. The van der Waals surface area contributed by atoms with Gasteiger partial charge in [0.15, 0.2) is 0 Å². The smallest absolute Gasteiger partial charge is 0.408 e. The molecule has 2 unspecified atom stereocenters. The summed E-state index contributed by atoms with van der Waals surface area (Å²) in [5.41, 5.74) is 0.349. The second kappa shape index (κ2) is 10.3. The summed E-state index contributed by atoms with van der Waals surface area (Å²) in [6, 6.07) is 8.80. The van der Waals surface area contributed by atoms with Crippen LogP contribution in [0.4, 0.5) is 4.79 Å². The second-order valence-electron chi connectivity index (χ2n) is 7.58. The molecular weight excluding hydrogens is 348 g/mol. The first-order valence-electron chi connectivity index (χ1n) is 9.34. The number of benzene rings is 1. The van der Waals surface area contributed by atoms with Gasteiger partial charge in [-0.2, -0.15) is 0 Å². The van der Waals surface area contributed by atoms with Crippen LogP contribution in [0, 0.1) is 0 Å². The maximum Gasteiger partial charge on any atom is 0.408 e. The molecule has 150 valence electrons. The molecule has 1 aromatic carbocycles. The van der Waals surface area contributed by atoms with Crippen molar-refractivity contribution in [1.82, 2.24) is 10.6 Å². The van der Waals surface area contributed by atoms with E-state index in [-0.39, 0.29) is 18.6 Å². The maximum atomic E-state index is 12.5. The molecule has 2 rings (SSSR count). The highest BCUT2D eigenvalue weighted by atomic mass is 16.6. The number of carbonyl (C=O) groups is 2. The van der Waals surface area contributed by atoms with Crippen LogP contribution < -0.4 is 10.6 Å². The molecule has 0 bridgehead atoms. The van der Waals surface area contributed by atoms with Crippen molar-refractivity contribution in [2.24, 2.45) is 0 Å². The van der Waals surface area contributed by atoms with Crippen molar-refractivity contribution in [2.75, 3.05) is 19.8 Å². The van der Waals surface area contributed by atoms with Gasteiger partial charge in [-0.15, -0.1) is 0 Å². The summed E-state index contributed by atoms with van der Waals surface area (Å²) in [5.74, 6) is -0.315. The second-order valence-corrected chi connectivity index (χ2v) is 7.58. The molecule has 1 fully saturated rings. The number of hydrogen-bond donors (Lipinski definition) is 2. The van der Waals surface area contributed by atoms with Crippen LogP contribution in [0.1, 0.15) is 39.2 Å². The summed E-state index contributed by atoms with van der Waals surface area (Å²) in [5, 5.41) is 5.42. The average molecular weight is 378 g/mol. The van der Waals surface area contributed by atoms with Gasteiger partial charge in [0, 0.05) is 13.2 Å². The number of alkyl carbamates (subject to hydrolysis) is 1. The lowest BCUT2D eigenvalue weighted by atomic mass is 10.2. The Morgan fingerprint density at radius 3 is 2.63 bits per heavy atom. The van der Waals surface area contributed by atoms with Crippen LogP contribution in [0.3, 0.4) is 0 Å². The first-order valence-corrected chi connectivity index (χ1v) is 9.34. The van der Waals surface area contributed by atoms with E-state index in [2.05, 4.69) is 10.6 Å². The van der Waals surface area contributed by atoms with Gasteiger partial charge in [-0.25, -0.2) is 4.79 Å². The molecule has 0 saturated carbocycles. The van der Waals surface area contributed by atoms with Crippen LogP contribution in [-0.4, -0.2) is 49.5 Å². The molecule has 0 aromatic heterocycles. The third-order valence-corrected chi connectivity index (χ3v) is 3.93. The van der Waals surface area contributed by atoms with Gasteiger partial charge in [0.1, 0.15) is 11.6 Å². The summed E-state index contributed by atoms with van der Waals surface area (Å²) < 4.78 is 16.4. The van der Waals surface area contributed by atoms with Gasteiger partial charge in [0.2, 0.25) is 5.91 Å². The van der Waals surface area contributed by atoms with Crippen LogP contribution in [-0.2, 0) is 25.6 Å². The van der Waals surface area contributed by atoms with Gasteiger partial charge >= 0.3 is 6.09 Å². The van der Waals surface area contributed by atoms with Crippen LogP contribution >= 0.6 is 0 Å². The monoisotopic (exact) mass is 378 g/mol. The molecule has 1 saturated heterocycles. The molecule has 0 spiro atoms. The van der Waals surface area contributed by atoms with Crippen molar-refractivity contribution in [3.63, 3.8) is 0 Å². The summed E-state index contributed by atoms with van der Waals surface area (Å²) in [6.07, 6.45) is 1.30. The molecule has 1 aromatic rings. The van der Waals surface area contributed by atoms with E-state index < -0.39 is 17.7 Å². The molecule has 7 nitrogen and oxygen atoms in total. The van der Waals surface area contributed by atoms with Gasteiger partial charge in [-0.1, -0.05) is 30.3 Å². The summed E-state index contributed by atoms with van der Waals surface area (Å²) in [4.78, 5) is 24.6. The Labute approximate surface area is 160 Å². The number of rotatable bonds is 8. The Kier molecular flexibility index (Phi) is 8.06. The lowest BCUT2D eigenvalue weighted by Crippen LogP contribution is -2.51. The first-order chi connectivity index (χ1) is 12.8.